The van der Waals surface area contributed by atoms with Crippen LogP contribution in [0.15, 0.2) is 30.5 Å². The van der Waals surface area contributed by atoms with Crippen molar-refractivity contribution in [3.8, 4) is 0 Å². The second-order valence-electron chi connectivity index (χ2n) is 4.46. The molecule has 5 nitrogen and oxygen atoms in total. The second-order valence-corrected chi connectivity index (χ2v) is 4.46. The molecule has 1 saturated heterocycles. The zero-order chi connectivity index (χ0) is 12.7. The lowest BCUT2D eigenvalue weighted by Gasteiger charge is -2.27. The molecule has 0 saturated carbocycles. The van der Waals surface area contributed by atoms with Crippen LogP contribution in [-0.2, 0) is 9.59 Å². The SMILES string of the molecule is C[C@@H]1NC(=O)[C@H](c2c[nH]c3ccccc23)NC1=O. The number of hydrogen-bond acceptors (Lipinski definition) is 2. The first-order chi connectivity index (χ1) is 8.66. The van der Waals surface area contributed by atoms with Gasteiger partial charge in [-0.25, -0.2) is 0 Å². The molecule has 0 spiro atoms. The van der Waals surface area contributed by atoms with E-state index in [1.807, 2.05) is 24.3 Å². The molecule has 2 aromatic rings. The molecule has 1 aliphatic heterocycles. The average Bonchev–Trinajstić information content (AvgIpc) is 2.78. The molecule has 3 N–H and O–H groups in total. The smallest absolute Gasteiger partial charge is 0.247 e. The Balaban J connectivity index is 2.04. The van der Waals surface area contributed by atoms with E-state index in [-0.39, 0.29) is 11.8 Å². The predicted molar refractivity (Wildman–Crippen MR) is 66.8 cm³/mol. The molecular weight excluding hydrogens is 230 g/mol. The lowest BCUT2D eigenvalue weighted by atomic mass is 10.0. The van der Waals surface area contributed by atoms with Crippen molar-refractivity contribution in [2.24, 2.45) is 0 Å². The van der Waals surface area contributed by atoms with Crippen molar-refractivity contribution in [2.75, 3.05) is 0 Å². The normalized spacial score (nSPS) is 23.8. The van der Waals surface area contributed by atoms with Gasteiger partial charge in [0.1, 0.15) is 12.1 Å². The monoisotopic (exact) mass is 243 g/mol. The number of para-hydroxylation sites is 1. The largest absolute Gasteiger partial charge is 0.361 e. The first-order valence-electron chi connectivity index (χ1n) is 5.83. The van der Waals surface area contributed by atoms with Crippen LogP contribution in [0.25, 0.3) is 10.9 Å². The highest BCUT2D eigenvalue weighted by Crippen LogP contribution is 2.25. The minimum Gasteiger partial charge on any atom is -0.361 e. The summed E-state index contributed by atoms with van der Waals surface area (Å²) in [7, 11) is 0. The fourth-order valence-corrected chi connectivity index (χ4v) is 2.25. The molecule has 0 bridgehead atoms. The van der Waals surface area contributed by atoms with Crippen LogP contribution >= 0.6 is 0 Å². The van der Waals surface area contributed by atoms with Crippen molar-refractivity contribution >= 4 is 22.7 Å². The Morgan fingerprint density at radius 2 is 1.83 bits per heavy atom. The predicted octanol–water partition coefficient (Wildman–Crippen LogP) is 0.843. The quantitative estimate of drug-likeness (QED) is 0.694. The van der Waals surface area contributed by atoms with Gasteiger partial charge < -0.3 is 15.6 Å². The van der Waals surface area contributed by atoms with Crippen LogP contribution < -0.4 is 10.6 Å². The maximum absolute atomic E-state index is 12.0. The van der Waals surface area contributed by atoms with E-state index in [0.717, 1.165) is 16.5 Å². The molecule has 18 heavy (non-hydrogen) atoms. The number of aromatic amines is 1. The topological polar surface area (TPSA) is 74.0 Å². The number of piperazine rings is 1. The summed E-state index contributed by atoms with van der Waals surface area (Å²) in [6.45, 7) is 1.67. The maximum atomic E-state index is 12.0. The second kappa shape index (κ2) is 3.87. The lowest BCUT2D eigenvalue weighted by molar-refractivity contribution is -0.136. The van der Waals surface area contributed by atoms with Gasteiger partial charge in [-0.05, 0) is 13.0 Å². The van der Waals surface area contributed by atoms with Crippen LogP contribution in [-0.4, -0.2) is 22.8 Å². The molecule has 1 aromatic heterocycles. The van der Waals surface area contributed by atoms with Gasteiger partial charge in [0.25, 0.3) is 0 Å². The third-order valence-electron chi connectivity index (χ3n) is 3.23. The summed E-state index contributed by atoms with van der Waals surface area (Å²) in [5.74, 6) is -0.336. The van der Waals surface area contributed by atoms with Gasteiger partial charge >= 0.3 is 0 Å². The van der Waals surface area contributed by atoms with Gasteiger partial charge in [0.2, 0.25) is 11.8 Å². The molecule has 2 atom stereocenters. The highest BCUT2D eigenvalue weighted by atomic mass is 16.2. The summed E-state index contributed by atoms with van der Waals surface area (Å²) in [6.07, 6.45) is 1.77. The van der Waals surface area contributed by atoms with Gasteiger partial charge in [0.15, 0.2) is 0 Å². The number of nitrogens with one attached hydrogen (secondary N) is 3. The Kier molecular flexibility index (Phi) is 2.33. The molecule has 1 aliphatic rings. The standard InChI is InChI=1S/C13H13N3O2/c1-7-12(17)16-11(13(18)15-7)9-6-14-10-5-3-2-4-8(9)10/h2-7,11,14H,1H3,(H,15,18)(H,16,17)/t7-,11-/m0/s1. The zero-order valence-corrected chi connectivity index (χ0v) is 9.86. The maximum Gasteiger partial charge on any atom is 0.247 e. The number of benzene rings is 1. The van der Waals surface area contributed by atoms with E-state index in [0.29, 0.717) is 0 Å². The molecule has 5 heteroatoms. The van der Waals surface area contributed by atoms with E-state index in [9.17, 15) is 9.59 Å². The Hall–Kier alpha value is -2.30. The molecule has 3 rings (SSSR count). The molecule has 0 unspecified atom stereocenters. The molecule has 2 amide bonds. The Labute approximate surface area is 104 Å². The summed E-state index contributed by atoms with van der Waals surface area (Å²) in [6, 6.07) is 6.60. The lowest BCUT2D eigenvalue weighted by Crippen LogP contribution is -2.56. The van der Waals surface area contributed by atoms with E-state index >= 15 is 0 Å². The summed E-state index contributed by atoms with van der Waals surface area (Å²) < 4.78 is 0. The van der Waals surface area contributed by atoms with Crippen LogP contribution in [0, 0.1) is 0 Å². The molecule has 0 radical (unpaired) electrons. The third-order valence-corrected chi connectivity index (χ3v) is 3.23. The van der Waals surface area contributed by atoms with Crippen molar-refractivity contribution in [3.05, 3.63) is 36.0 Å². The molecule has 1 fully saturated rings. The first kappa shape index (κ1) is 10.8. The number of hydrogen-bond donors (Lipinski definition) is 3. The highest BCUT2D eigenvalue weighted by Gasteiger charge is 2.33. The van der Waals surface area contributed by atoms with Crippen molar-refractivity contribution in [1.29, 1.82) is 0 Å². The number of carbonyl (C=O) groups is 2. The van der Waals surface area contributed by atoms with Gasteiger partial charge in [-0.2, -0.15) is 0 Å². The first-order valence-corrected chi connectivity index (χ1v) is 5.83. The van der Waals surface area contributed by atoms with E-state index in [4.69, 9.17) is 0 Å². The van der Waals surface area contributed by atoms with E-state index in [1.54, 1.807) is 13.1 Å². The van der Waals surface area contributed by atoms with E-state index in [2.05, 4.69) is 15.6 Å². The average molecular weight is 243 g/mol. The van der Waals surface area contributed by atoms with Gasteiger partial charge in [-0.3, -0.25) is 9.59 Å². The molecule has 1 aromatic carbocycles. The van der Waals surface area contributed by atoms with E-state index < -0.39 is 12.1 Å². The van der Waals surface area contributed by atoms with Crippen molar-refractivity contribution in [2.45, 2.75) is 19.0 Å². The molecule has 0 aliphatic carbocycles. The third kappa shape index (κ3) is 1.55. The van der Waals surface area contributed by atoms with Gasteiger partial charge in [0.05, 0.1) is 0 Å². The van der Waals surface area contributed by atoms with Gasteiger partial charge in [-0.1, -0.05) is 18.2 Å². The number of amides is 2. The fraction of sp³-hybridized carbons (Fsp3) is 0.231. The van der Waals surface area contributed by atoms with Crippen molar-refractivity contribution in [3.63, 3.8) is 0 Å². The molecule has 92 valence electrons. The van der Waals surface area contributed by atoms with Crippen molar-refractivity contribution < 1.29 is 9.59 Å². The van der Waals surface area contributed by atoms with Crippen LogP contribution in [0.4, 0.5) is 0 Å². The molecule has 2 heterocycles. The summed E-state index contributed by atoms with van der Waals surface area (Å²) in [5.41, 5.74) is 1.75. The van der Waals surface area contributed by atoms with Crippen LogP contribution in [0.5, 0.6) is 0 Å². The Bertz CT molecular complexity index is 632. The van der Waals surface area contributed by atoms with Gasteiger partial charge in [0, 0.05) is 22.7 Å². The van der Waals surface area contributed by atoms with Crippen LogP contribution in [0.3, 0.4) is 0 Å². The number of aromatic nitrogens is 1. The number of carbonyl (C=O) groups excluding carboxylic acids is 2. The summed E-state index contributed by atoms with van der Waals surface area (Å²) >= 11 is 0. The Morgan fingerprint density at radius 1 is 1.06 bits per heavy atom. The van der Waals surface area contributed by atoms with Gasteiger partial charge in [-0.15, -0.1) is 0 Å². The van der Waals surface area contributed by atoms with E-state index in [1.165, 1.54) is 0 Å². The summed E-state index contributed by atoms with van der Waals surface area (Å²) in [4.78, 5) is 26.7. The van der Waals surface area contributed by atoms with Crippen LogP contribution in [0.1, 0.15) is 18.5 Å². The molecular formula is C13H13N3O2. The highest BCUT2D eigenvalue weighted by molar-refractivity contribution is 6.00. The number of fused-ring (bicyclic) bond motifs is 1. The fourth-order valence-electron chi connectivity index (χ4n) is 2.25. The minimum absolute atomic E-state index is 0.162. The Morgan fingerprint density at radius 3 is 2.67 bits per heavy atom. The van der Waals surface area contributed by atoms with Crippen molar-refractivity contribution in [1.82, 2.24) is 15.6 Å². The summed E-state index contributed by atoms with van der Waals surface area (Å²) in [5, 5.41) is 6.36. The number of H-pyrrole nitrogens is 1. The van der Waals surface area contributed by atoms with Crippen LogP contribution in [0.2, 0.25) is 0 Å². The zero-order valence-electron chi connectivity index (χ0n) is 9.86. The number of rotatable bonds is 1. The minimum atomic E-state index is -0.621.